The Morgan fingerprint density at radius 2 is 2.06 bits per heavy atom. The first kappa shape index (κ1) is 13.6. The van der Waals surface area contributed by atoms with Crippen LogP contribution < -0.4 is 5.73 Å². The van der Waals surface area contributed by atoms with Crippen LogP contribution in [0.25, 0.3) is 0 Å². The number of benzene rings is 1. The minimum Gasteiger partial charge on any atom is -0.327 e. The van der Waals surface area contributed by atoms with Crippen LogP contribution in [0.15, 0.2) is 30.3 Å². The molecule has 0 radical (unpaired) electrons. The smallest absolute Gasteiger partial charge is 0.00889 e. The summed E-state index contributed by atoms with van der Waals surface area (Å²) in [6.07, 6.45) is 2.40. The molecule has 1 heterocycles. The van der Waals surface area contributed by atoms with Crippen molar-refractivity contribution >= 4 is 0 Å². The van der Waals surface area contributed by atoms with E-state index >= 15 is 0 Å². The molecule has 3 unspecified atom stereocenters. The van der Waals surface area contributed by atoms with Gasteiger partial charge in [-0.25, -0.2) is 0 Å². The number of nitrogens with zero attached hydrogens (tertiary/aromatic N) is 1. The van der Waals surface area contributed by atoms with E-state index in [0.717, 1.165) is 6.42 Å². The number of hydrogen-bond donors (Lipinski definition) is 1. The van der Waals surface area contributed by atoms with Gasteiger partial charge in [-0.05, 0) is 43.3 Å². The maximum absolute atomic E-state index is 6.06. The zero-order valence-corrected chi connectivity index (χ0v) is 11.7. The third-order valence-electron chi connectivity index (χ3n) is 4.30. The molecule has 0 bridgehead atoms. The van der Waals surface area contributed by atoms with Crippen LogP contribution in [0.2, 0.25) is 0 Å². The summed E-state index contributed by atoms with van der Waals surface area (Å²) in [6, 6.07) is 11.2. The second-order valence-corrected chi connectivity index (χ2v) is 5.83. The van der Waals surface area contributed by atoms with Gasteiger partial charge in [0.05, 0.1) is 0 Å². The van der Waals surface area contributed by atoms with Crippen molar-refractivity contribution in [3.8, 4) is 0 Å². The number of piperidine rings is 1. The topological polar surface area (TPSA) is 29.3 Å². The molecule has 18 heavy (non-hydrogen) atoms. The fraction of sp³-hybridized carbons (Fsp3) is 0.625. The summed E-state index contributed by atoms with van der Waals surface area (Å²) in [4.78, 5) is 2.58. The Bertz CT molecular complexity index is 349. The molecule has 1 fully saturated rings. The van der Waals surface area contributed by atoms with E-state index in [0.29, 0.717) is 17.9 Å². The van der Waals surface area contributed by atoms with Gasteiger partial charge in [0.2, 0.25) is 0 Å². The standard InChI is InChI=1S/C16H26N2/c1-13(15-6-4-3-5-7-15)8-10-18-11-9-16(17)14(2)12-18/h3-7,13-14,16H,8-12,17H2,1-2H3. The summed E-state index contributed by atoms with van der Waals surface area (Å²) in [5.74, 6) is 1.29. The zero-order chi connectivity index (χ0) is 13.0. The first-order valence-corrected chi connectivity index (χ1v) is 7.19. The summed E-state index contributed by atoms with van der Waals surface area (Å²) in [6.45, 7) is 8.15. The van der Waals surface area contributed by atoms with Gasteiger partial charge in [0, 0.05) is 12.6 Å². The second-order valence-electron chi connectivity index (χ2n) is 5.83. The lowest BCUT2D eigenvalue weighted by atomic mass is 9.93. The third kappa shape index (κ3) is 3.56. The maximum atomic E-state index is 6.06. The van der Waals surface area contributed by atoms with E-state index < -0.39 is 0 Å². The SMILES string of the molecule is CC(CCN1CCC(N)C(C)C1)c1ccccc1. The predicted octanol–water partition coefficient (Wildman–Crippen LogP) is 2.85. The molecule has 2 N–H and O–H groups in total. The Hall–Kier alpha value is -0.860. The van der Waals surface area contributed by atoms with E-state index in [-0.39, 0.29) is 0 Å². The van der Waals surface area contributed by atoms with Gasteiger partial charge in [0.1, 0.15) is 0 Å². The van der Waals surface area contributed by atoms with Gasteiger partial charge < -0.3 is 10.6 Å². The molecule has 3 atom stereocenters. The van der Waals surface area contributed by atoms with E-state index in [1.54, 1.807) is 0 Å². The summed E-state index contributed by atoms with van der Waals surface area (Å²) in [5, 5.41) is 0. The van der Waals surface area contributed by atoms with Crippen LogP contribution in [0, 0.1) is 5.92 Å². The highest BCUT2D eigenvalue weighted by atomic mass is 15.1. The Morgan fingerprint density at radius 1 is 1.33 bits per heavy atom. The van der Waals surface area contributed by atoms with Gasteiger partial charge in [-0.3, -0.25) is 0 Å². The van der Waals surface area contributed by atoms with Crippen molar-refractivity contribution in [2.45, 2.75) is 38.6 Å². The largest absolute Gasteiger partial charge is 0.327 e. The molecular weight excluding hydrogens is 220 g/mol. The van der Waals surface area contributed by atoms with Crippen molar-refractivity contribution in [2.75, 3.05) is 19.6 Å². The molecule has 1 aliphatic heterocycles. The minimum atomic E-state index is 0.410. The molecule has 0 aliphatic carbocycles. The molecule has 100 valence electrons. The number of nitrogens with two attached hydrogens (primary N) is 1. The van der Waals surface area contributed by atoms with Crippen molar-refractivity contribution in [1.29, 1.82) is 0 Å². The van der Waals surface area contributed by atoms with Crippen molar-refractivity contribution in [3.63, 3.8) is 0 Å². The van der Waals surface area contributed by atoms with Gasteiger partial charge in [0.15, 0.2) is 0 Å². The van der Waals surface area contributed by atoms with Crippen LogP contribution in [0.4, 0.5) is 0 Å². The molecule has 2 heteroatoms. The van der Waals surface area contributed by atoms with Crippen LogP contribution in [0.5, 0.6) is 0 Å². The third-order valence-corrected chi connectivity index (χ3v) is 4.30. The lowest BCUT2D eigenvalue weighted by molar-refractivity contribution is 0.161. The monoisotopic (exact) mass is 246 g/mol. The predicted molar refractivity (Wildman–Crippen MR) is 77.7 cm³/mol. The lowest BCUT2D eigenvalue weighted by Crippen LogP contribution is -2.46. The van der Waals surface area contributed by atoms with Crippen molar-refractivity contribution < 1.29 is 0 Å². The van der Waals surface area contributed by atoms with E-state index in [1.165, 1.54) is 31.6 Å². The fourth-order valence-corrected chi connectivity index (χ4v) is 2.78. The molecule has 2 nitrogen and oxygen atoms in total. The van der Waals surface area contributed by atoms with Crippen LogP contribution in [-0.2, 0) is 0 Å². The molecule has 0 amide bonds. The van der Waals surface area contributed by atoms with Crippen LogP contribution in [-0.4, -0.2) is 30.6 Å². The quantitative estimate of drug-likeness (QED) is 0.885. The molecule has 1 aromatic rings. The molecule has 0 aromatic heterocycles. The molecule has 1 aromatic carbocycles. The Balaban J connectivity index is 1.78. The number of likely N-dealkylation sites (tertiary alicyclic amines) is 1. The van der Waals surface area contributed by atoms with Gasteiger partial charge in [-0.15, -0.1) is 0 Å². The zero-order valence-electron chi connectivity index (χ0n) is 11.7. The van der Waals surface area contributed by atoms with Crippen molar-refractivity contribution in [3.05, 3.63) is 35.9 Å². The molecule has 1 aliphatic rings. The average molecular weight is 246 g/mol. The Kier molecular flexibility index (Phi) is 4.79. The normalized spacial score (nSPS) is 27.1. The number of hydrogen-bond acceptors (Lipinski definition) is 2. The van der Waals surface area contributed by atoms with E-state index in [4.69, 9.17) is 5.73 Å². The Morgan fingerprint density at radius 3 is 2.72 bits per heavy atom. The Labute approximate surface area is 111 Å². The average Bonchev–Trinajstić information content (AvgIpc) is 2.41. The van der Waals surface area contributed by atoms with Gasteiger partial charge >= 0.3 is 0 Å². The van der Waals surface area contributed by atoms with Gasteiger partial charge in [-0.1, -0.05) is 44.2 Å². The highest BCUT2D eigenvalue weighted by Gasteiger charge is 2.22. The summed E-state index contributed by atoms with van der Waals surface area (Å²) in [7, 11) is 0. The molecule has 1 saturated heterocycles. The fourth-order valence-electron chi connectivity index (χ4n) is 2.78. The molecule has 2 rings (SSSR count). The molecular formula is C16H26N2. The van der Waals surface area contributed by atoms with E-state index in [9.17, 15) is 0 Å². The van der Waals surface area contributed by atoms with Gasteiger partial charge in [-0.2, -0.15) is 0 Å². The van der Waals surface area contributed by atoms with Crippen molar-refractivity contribution in [2.24, 2.45) is 11.7 Å². The van der Waals surface area contributed by atoms with Crippen molar-refractivity contribution in [1.82, 2.24) is 4.90 Å². The van der Waals surface area contributed by atoms with Gasteiger partial charge in [0.25, 0.3) is 0 Å². The lowest BCUT2D eigenvalue weighted by Gasteiger charge is -2.35. The maximum Gasteiger partial charge on any atom is 0.00889 e. The number of rotatable bonds is 4. The van der Waals surface area contributed by atoms with Crippen LogP contribution in [0.3, 0.4) is 0 Å². The molecule has 0 saturated carbocycles. The van der Waals surface area contributed by atoms with Crippen LogP contribution >= 0.6 is 0 Å². The highest BCUT2D eigenvalue weighted by molar-refractivity contribution is 5.18. The van der Waals surface area contributed by atoms with E-state index in [1.807, 2.05) is 0 Å². The summed E-state index contributed by atoms with van der Waals surface area (Å²) < 4.78 is 0. The molecule has 0 spiro atoms. The summed E-state index contributed by atoms with van der Waals surface area (Å²) >= 11 is 0. The van der Waals surface area contributed by atoms with E-state index in [2.05, 4.69) is 49.1 Å². The summed E-state index contributed by atoms with van der Waals surface area (Å²) in [5.41, 5.74) is 7.52. The van der Waals surface area contributed by atoms with Crippen LogP contribution in [0.1, 0.15) is 38.2 Å². The first-order valence-electron chi connectivity index (χ1n) is 7.19. The minimum absolute atomic E-state index is 0.410. The first-order chi connectivity index (χ1) is 8.66. The second kappa shape index (κ2) is 6.35. The highest BCUT2D eigenvalue weighted by Crippen LogP contribution is 2.21.